The second kappa shape index (κ2) is 10.0. The van der Waals surface area contributed by atoms with Gasteiger partial charge in [-0.25, -0.2) is 0 Å². The minimum atomic E-state index is 0.889. The van der Waals surface area contributed by atoms with Crippen molar-refractivity contribution in [3.8, 4) is 0 Å². The maximum Gasteiger partial charge on any atom is 0.0594 e. The first-order valence-corrected chi connectivity index (χ1v) is 6.52. The van der Waals surface area contributed by atoms with Crippen molar-refractivity contribution >= 4 is 0 Å². The molecule has 0 unspecified atom stereocenters. The third-order valence-corrected chi connectivity index (χ3v) is 2.78. The molecule has 0 amide bonds. The number of unbranched alkanes of at least 4 members (excludes halogenated alkanes) is 1. The van der Waals surface area contributed by atoms with E-state index in [1.165, 1.54) is 19.4 Å². The number of rotatable bonds is 3. The van der Waals surface area contributed by atoms with Crippen molar-refractivity contribution in [2.24, 2.45) is 0 Å². The number of ether oxygens (including phenoxy) is 2. The van der Waals surface area contributed by atoms with Crippen LogP contribution in [0.5, 0.6) is 0 Å². The molecule has 2 heterocycles. The lowest BCUT2D eigenvalue weighted by Gasteiger charge is -2.26. The number of nitrogens with zero attached hydrogens (tertiary/aromatic N) is 1. The van der Waals surface area contributed by atoms with E-state index in [1.54, 1.807) is 0 Å². The Balaban J connectivity index is 0.000000181. The Hall–Kier alpha value is -0.160. The Morgan fingerprint density at radius 3 is 2.06 bits per heavy atom. The lowest BCUT2D eigenvalue weighted by Crippen LogP contribution is -2.36. The Labute approximate surface area is 99.3 Å². The van der Waals surface area contributed by atoms with Crippen LogP contribution in [0.15, 0.2) is 0 Å². The van der Waals surface area contributed by atoms with E-state index < -0.39 is 0 Å². The van der Waals surface area contributed by atoms with Crippen LogP contribution in [0.4, 0.5) is 0 Å². The van der Waals surface area contributed by atoms with Crippen molar-refractivity contribution in [1.82, 2.24) is 10.2 Å². The molecule has 2 aliphatic rings. The second-order valence-corrected chi connectivity index (χ2v) is 4.17. The van der Waals surface area contributed by atoms with Gasteiger partial charge in [-0.2, -0.15) is 0 Å². The van der Waals surface area contributed by atoms with Crippen LogP contribution in [0.2, 0.25) is 0 Å². The predicted octanol–water partition coefficient (Wildman–Crippen LogP) is 0.725. The van der Waals surface area contributed by atoms with Crippen LogP contribution in [0.1, 0.15) is 19.8 Å². The molecule has 0 saturated carbocycles. The molecule has 2 saturated heterocycles. The summed E-state index contributed by atoms with van der Waals surface area (Å²) < 4.78 is 10.2. The highest BCUT2D eigenvalue weighted by molar-refractivity contribution is 4.60. The average molecular weight is 230 g/mol. The van der Waals surface area contributed by atoms with Crippen LogP contribution in [-0.2, 0) is 9.47 Å². The number of morpholine rings is 2. The van der Waals surface area contributed by atoms with Crippen LogP contribution < -0.4 is 5.32 Å². The molecule has 0 aliphatic carbocycles. The van der Waals surface area contributed by atoms with E-state index in [-0.39, 0.29) is 0 Å². The number of nitrogens with one attached hydrogen (secondary N) is 1. The van der Waals surface area contributed by atoms with Gasteiger partial charge in [-0.15, -0.1) is 0 Å². The summed E-state index contributed by atoms with van der Waals surface area (Å²) in [7, 11) is 0. The molecule has 2 rings (SSSR count). The van der Waals surface area contributed by atoms with Crippen molar-refractivity contribution in [3.05, 3.63) is 0 Å². The summed E-state index contributed by atoms with van der Waals surface area (Å²) in [5.41, 5.74) is 0. The van der Waals surface area contributed by atoms with Gasteiger partial charge in [-0.3, -0.25) is 4.90 Å². The van der Waals surface area contributed by atoms with Gasteiger partial charge in [0.1, 0.15) is 0 Å². The lowest BCUT2D eigenvalue weighted by atomic mass is 10.3. The van der Waals surface area contributed by atoms with Gasteiger partial charge in [-0.1, -0.05) is 13.3 Å². The third kappa shape index (κ3) is 7.17. The Morgan fingerprint density at radius 2 is 1.62 bits per heavy atom. The van der Waals surface area contributed by atoms with Crippen molar-refractivity contribution in [2.75, 3.05) is 59.2 Å². The van der Waals surface area contributed by atoms with E-state index in [2.05, 4.69) is 17.1 Å². The smallest absolute Gasteiger partial charge is 0.0594 e. The molecule has 0 aromatic rings. The molecular weight excluding hydrogens is 204 g/mol. The van der Waals surface area contributed by atoms with E-state index in [9.17, 15) is 0 Å². The largest absolute Gasteiger partial charge is 0.379 e. The van der Waals surface area contributed by atoms with Gasteiger partial charge in [0.25, 0.3) is 0 Å². The summed E-state index contributed by atoms with van der Waals surface area (Å²) in [6.07, 6.45) is 2.64. The summed E-state index contributed by atoms with van der Waals surface area (Å²) in [6.45, 7) is 11.5. The highest BCUT2D eigenvalue weighted by Crippen LogP contribution is 1.98. The molecule has 0 bridgehead atoms. The van der Waals surface area contributed by atoms with Crippen LogP contribution in [0.3, 0.4) is 0 Å². The maximum atomic E-state index is 5.24. The molecule has 4 nitrogen and oxygen atoms in total. The van der Waals surface area contributed by atoms with Gasteiger partial charge >= 0.3 is 0 Å². The Bertz CT molecular complexity index is 134. The second-order valence-electron chi connectivity index (χ2n) is 4.17. The third-order valence-electron chi connectivity index (χ3n) is 2.78. The molecular formula is C12H26N2O2. The molecule has 0 aromatic carbocycles. The zero-order valence-electron chi connectivity index (χ0n) is 10.5. The average Bonchev–Trinajstić information content (AvgIpc) is 2.40. The molecule has 4 heteroatoms. The normalized spacial score (nSPS) is 22.3. The van der Waals surface area contributed by atoms with Crippen molar-refractivity contribution < 1.29 is 9.47 Å². The zero-order valence-corrected chi connectivity index (χ0v) is 10.5. The topological polar surface area (TPSA) is 33.7 Å². The van der Waals surface area contributed by atoms with E-state index in [0.717, 1.165) is 52.6 Å². The van der Waals surface area contributed by atoms with Gasteiger partial charge in [-0.05, 0) is 13.0 Å². The fourth-order valence-electron chi connectivity index (χ4n) is 1.72. The number of hydrogen-bond donors (Lipinski definition) is 1. The fraction of sp³-hybridized carbons (Fsp3) is 1.00. The van der Waals surface area contributed by atoms with Gasteiger partial charge in [0.05, 0.1) is 26.4 Å². The first kappa shape index (κ1) is 13.9. The molecule has 16 heavy (non-hydrogen) atoms. The summed E-state index contributed by atoms with van der Waals surface area (Å²) in [5, 5.41) is 3.16. The maximum absolute atomic E-state index is 5.24. The van der Waals surface area contributed by atoms with Crippen molar-refractivity contribution in [3.63, 3.8) is 0 Å². The molecule has 0 radical (unpaired) electrons. The highest BCUT2D eigenvalue weighted by atomic mass is 16.5. The SMILES string of the molecule is C1COCCN1.CCCCN1CCOCC1. The van der Waals surface area contributed by atoms with Gasteiger partial charge in [0.15, 0.2) is 0 Å². The van der Waals surface area contributed by atoms with E-state index >= 15 is 0 Å². The molecule has 2 aliphatic heterocycles. The van der Waals surface area contributed by atoms with Gasteiger partial charge in [0.2, 0.25) is 0 Å². The zero-order chi connectivity index (χ0) is 11.5. The molecule has 2 fully saturated rings. The standard InChI is InChI=1S/C8H17NO.C4H9NO/c1-2-3-4-9-5-7-10-8-6-9;1-3-6-4-2-5-1/h2-8H2,1H3;5H,1-4H2. The van der Waals surface area contributed by atoms with Crippen molar-refractivity contribution in [1.29, 1.82) is 0 Å². The molecule has 0 atom stereocenters. The minimum Gasteiger partial charge on any atom is -0.379 e. The predicted molar refractivity (Wildman–Crippen MR) is 65.9 cm³/mol. The van der Waals surface area contributed by atoms with Gasteiger partial charge < -0.3 is 14.8 Å². The lowest BCUT2D eigenvalue weighted by molar-refractivity contribution is 0.0373. The van der Waals surface area contributed by atoms with Crippen LogP contribution >= 0.6 is 0 Å². The fourth-order valence-corrected chi connectivity index (χ4v) is 1.72. The molecule has 0 spiro atoms. The summed E-state index contributed by atoms with van der Waals surface area (Å²) in [6, 6.07) is 0. The van der Waals surface area contributed by atoms with Crippen LogP contribution in [0, 0.1) is 0 Å². The van der Waals surface area contributed by atoms with Crippen LogP contribution in [0.25, 0.3) is 0 Å². The summed E-state index contributed by atoms with van der Waals surface area (Å²) >= 11 is 0. The van der Waals surface area contributed by atoms with Gasteiger partial charge in [0, 0.05) is 26.2 Å². The van der Waals surface area contributed by atoms with E-state index in [1.807, 2.05) is 0 Å². The van der Waals surface area contributed by atoms with Crippen LogP contribution in [-0.4, -0.2) is 64.1 Å². The first-order valence-electron chi connectivity index (χ1n) is 6.52. The minimum absolute atomic E-state index is 0.889. The quantitative estimate of drug-likeness (QED) is 0.775. The molecule has 1 N–H and O–H groups in total. The molecule has 0 aromatic heterocycles. The Kier molecular flexibility index (Phi) is 8.71. The van der Waals surface area contributed by atoms with Crippen molar-refractivity contribution in [2.45, 2.75) is 19.8 Å². The van der Waals surface area contributed by atoms with E-state index in [0.29, 0.717) is 0 Å². The summed E-state index contributed by atoms with van der Waals surface area (Å²) in [4.78, 5) is 2.48. The highest BCUT2D eigenvalue weighted by Gasteiger charge is 2.07. The Morgan fingerprint density at radius 1 is 1.00 bits per heavy atom. The molecule has 96 valence electrons. The summed E-state index contributed by atoms with van der Waals surface area (Å²) in [5.74, 6) is 0. The first-order chi connectivity index (χ1) is 7.93. The number of hydrogen-bond acceptors (Lipinski definition) is 4. The monoisotopic (exact) mass is 230 g/mol. The van der Waals surface area contributed by atoms with E-state index in [4.69, 9.17) is 9.47 Å².